The number of ketones is 1. The highest BCUT2D eigenvalue weighted by atomic mass is 16.3. The molecule has 0 fully saturated rings. The van der Waals surface area contributed by atoms with Gasteiger partial charge in [0.15, 0.2) is 5.76 Å². The van der Waals surface area contributed by atoms with E-state index < -0.39 is 11.5 Å². The SMILES string of the molecule is C[C@@]12c3ccc4c(c3C(=O)c3occ(c31)CC[C@@H]2O)CCC4. The van der Waals surface area contributed by atoms with E-state index in [1.54, 1.807) is 6.26 Å². The molecule has 1 N–H and O–H groups in total. The van der Waals surface area contributed by atoms with E-state index in [2.05, 4.69) is 19.1 Å². The Bertz CT molecular complexity index is 829. The number of hydrogen-bond acceptors (Lipinski definition) is 3. The van der Waals surface area contributed by atoms with Crippen molar-refractivity contribution in [2.45, 2.75) is 50.5 Å². The second-order valence-corrected chi connectivity index (χ2v) is 7.03. The number of hydrogen-bond donors (Lipinski definition) is 1. The minimum absolute atomic E-state index is 0.0153. The van der Waals surface area contributed by atoms with Gasteiger partial charge in [-0.05, 0) is 61.3 Å². The van der Waals surface area contributed by atoms with Crippen LogP contribution in [0, 0.1) is 0 Å². The van der Waals surface area contributed by atoms with Crippen LogP contribution in [-0.2, 0) is 24.7 Å². The molecule has 1 heterocycles. The molecular formula is C19H18O3. The lowest BCUT2D eigenvalue weighted by Crippen LogP contribution is -2.46. The number of carbonyl (C=O) groups is 1. The molecule has 22 heavy (non-hydrogen) atoms. The van der Waals surface area contributed by atoms with Crippen LogP contribution in [0.3, 0.4) is 0 Å². The van der Waals surface area contributed by atoms with E-state index in [4.69, 9.17) is 4.42 Å². The monoisotopic (exact) mass is 294 g/mol. The third-order valence-electron chi connectivity index (χ3n) is 6.02. The van der Waals surface area contributed by atoms with Crippen LogP contribution in [0.25, 0.3) is 0 Å². The van der Waals surface area contributed by atoms with E-state index in [1.807, 2.05) is 0 Å². The minimum Gasteiger partial charge on any atom is -0.460 e. The number of benzene rings is 1. The number of aliphatic hydroxyl groups excluding tert-OH is 1. The molecule has 3 aliphatic rings. The van der Waals surface area contributed by atoms with Crippen molar-refractivity contribution in [3.05, 3.63) is 57.5 Å². The number of furan rings is 1. The zero-order valence-corrected chi connectivity index (χ0v) is 12.6. The summed E-state index contributed by atoms with van der Waals surface area (Å²) in [4.78, 5) is 13.0. The van der Waals surface area contributed by atoms with Crippen LogP contribution in [-0.4, -0.2) is 17.0 Å². The summed E-state index contributed by atoms with van der Waals surface area (Å²) < 4.78 is 5.67. The van der Waals surface area contributed by atoms with Crippen molar-refractivity contribution in [1.82, 2.24) is 0 Å². The molecule has 0 unspecified atom stereocenters. The maximum atomic E-state index is 13.0. The predicted molar refractivity (Wildman–Crippen MR) is 81.4 cm³/mol. The largest absolute Gasteiger partial charge is 0.460 e. The normalized spacial score (nSPS) is 28.3. The zero-order chi connectivity index (χ0) is 15.1. The quantitative estimate of drug-likeness (QED) is 0.812. The number of carbonyl (C=O) groups excluding carboxylic acids is 1. The number of aliphatic hydroxyl groups is 1. The summed E-state index contributed by atoms with van der Waals surface area (Å²) >= 11 is 0. The lowest BCUT2D eigenvalue weighted by molar-refractivity contribution is 0.0855. The fourth-order valence-electron chi connectivity index (χ4n) is 4.85. The maximum Gasteiger partial charge on any atom is 0.229 e. The second-order valence-electron chi connectivity index (χ2n) is 7.03. The van der Waals surface area contributed by atoms with E-state index in [1.165, 1.54) is 11.1 Å². The van der Waals surface area contributed by atoms with E-state index in [0.29, 0.717) is 12.2 Å². The Labute approximate surface area is 129 Å². The molecule has 3 heteroatoms. The summed E-state index contributed by atoms with van der Waals surface area (Å²) in [5, 5.41) is 10.8. The van der Waals surface area contributed by atoms with Crippen molar-refractivity contribution in [3.63, 3.8) is 0 Å². The van der Waals surface area contributed by atoms with E-state index >= 15 is 0 Å². The lowest BCUT2D eigenvalue weighted by atomic mass is 9.61. The molecule has 3 aliphatic carbocycles. The van der Waals surface area contributed by atoms with Crippen LogP contribution in [0.15, 0.2) is 22.8 Å². The number of fused-ring (bicyclic) bond motifs is 4. The van der Waals surface area contributed by atoms with Crippen LogP contribution in [0.2, 0.25) is 0 Å². The van der Waals surface area contributed by atoms with Crippen molar-refractivity contribution < 1.29 is 14.3 Å². The third kappa shape index (κ3) is 1.25. The van der Waals surface area contributed by atoms with Gasteiger partial charge in [-0.25, -0.2) is 0 Å². The van der Waals surface area contributed by atoms with Crippen LogP contribution in [0.4, 0.5) is 0 Å². The van der Waals surface area contributed by atoms with Gasteiger partial charge in [0.05, 0.1) is 12.4 Å². The molecule has 0 radical (unpaired) electrons. The average molecular weight is 294 g/mol. The van der Waals surface area contributed by atoms with Gasteiger partial charge in [0.25, 0.3) is 0 Å². The highest BCUT2D eigenvalue weighted by Crippen LogP contribution is 2.51. The molecule has 1 aromatic carbocycles. The summed E-state index contributed by atoms with van der Waals surface area (Å²) in [5.74, 6) is 0.477. The summed E-state index contributed by atoms with van der Waals surface area (Å²) in [6.07, 6.45) is 5.86. The lowest BCUT2D eigenvalue weighted by Gasteiger charge is -2.42. The topological polar surface area (TPSA) is 50.4 Å². The van der Waals surface area contributed by atoms with E-state index in [-0.39, 0.29) is 5.78 Å². The van der Waals surface area contributed by atoms with Crippen LogP contribution < -0.4 is 0 Å². The molecule has 0 spiro atoms. The van der Waals surface area contributed by atoms with Gasteiger partial charge < -0.3 is 9.52 Å². The fourth-order valence-corrected chi connectivity index (χ4v) is 4.85. The van der Waals surface area contributed by atoms with Gasteiger partial charge in [-0.3, -0.25) is 4.79 Å². The Balaban J connectivity index is 1.90. The van der Waals surface area contributed by atoms with Gasteiger partial charge >= 0.3 is 0 Å². The zero-order valence-electron chi connectivity index (χ0n) is 12.6. The van der Waals surface area contributed by atoms with Crippen LogP contribution in [0.1, 0.15) is 63.7 Å². The molecule has 2 aromatic rings. The Hall–Kier alpha value is -1.87. The summed E-state index contributed by atoms with van der Waals surface area (Å²) in [6, 6.07) is 4.23. The molecule has 0 saturated carbocycles. The summed E-state index contributed by atoms with van der Waals surface area (Å²) in [5.41, 5.74) is 5.79. The predicted octanol–water partition coefficient (Wildman–Crippen LogP) is 2.93. The first-order valence-corrected chi connectivity index (χ1v) is 8.11. The van der Waals surface area contributed by atoms with Gasteiger partial charge in [0.1, 0.15) is 0 Å². The van der Waals surface area contributed by atoms with Crippen molar-refractivity contribution in [2.24, 2.45) is 0 Å². The van der Waals surface area contributed by atoms with Crippen molar-refractivity contribution in [3.8, 4) is 0 Å². The number of aryl methyl sites for hydroxylation is 2. The molecule has 0 bridgehead atoms. The maximum absolute atomic E-state index is 13.0. The molecule has 0 saturated heterocycles. The molecule has 0 amide bonds. The molecule has 112 valence electrons. The fraction of sp³-hybridized carbons (Fsp3) is 0.421. The molecule has 0 aliphatic heterocycles. The van der Waals surface area contributed by atoms with E-state index in [0.717, 1.165) is 47.9 Å². The van der Waals surface area contributed by atoms with Crippen molar-refractivity contribution in [2.75, 3.05) is 0 Å². The van der Waals surface area contributed by atoms with Gasteiger partial charge in [-0.1, -0.05) is 12.1 Å². The van der Waals surface area contributed by atoms with E-state index in [9.17, 15) is 9.90 Å². The Kier molecular flexibility index (Phi) is 2.25. The van der Waals surface area contributed by atoms with Gasteiger partial charge in [-0.2, -0.15) is 0 Å². The van der Waals surface area contributed by atoms with Gasteiger partial charge in [-0.15, -0.1) is 0 Å². The van der Waals surface area contributed by atoms with Crippen LogP contribution >= 0.6 is 0 Å². The highest BCUT2D eigenvalue weighted by Gasteiger charge is 2.51. The first-order chi connectivity index (χ1) is 10.6. The van der Waals surface area contributed by atoms with Gasteiger partial charge in [0, 0.05) is 16.5 Å². The number of rotatable bonds is 0. The molecular weight excluding hydrogens is 276 g/mol. The second kappa shape index (κ2) is 3.90. The Morgan fingerprint density at radius 3 is 2.95 bits per heavy atom. The Morgan fingerprint density at radius 2 is 2.09 bits per heavy atom. The standard InChI is InChI=1S/C19H18O3/c1-19-13-7-5-10-3-2-4-12(10)15(13)17(21)18-16(19)11(9-22-18)6-8-14(19)20/h5,7,9,14,20H,2-4,6,8H2,1H3/t14-,19-/m0/s1. The van der Waals surface area contributed by atoms with Gasteiger partial charge in [0.2, 0.25) is 5.78 Å². The Morgan fingerprint density at radius 1 is 1.23 bits per heavy atom. The summed E-state index contributed by atoms with van der Waals surface area (Å²) in [6.45, 7) is 2.07. The molecule has 2 atom stereocenters. The third-order valence-corrected chi connectivity index (χ3v) is 6.02. The first-order valence-electron chi connectivity index (χ1n) is 8.11. The van der Waals surface area contributed by atoms with Crippen molar-refractivity contribution >= 4 is 5.78 Å². The first kappa shape index (κ1) is 12.7. The minimum atomic E-state index is -0.517. The average Bonchev–Trinajstić information content (AvgIpc) is 3.15. The smallest absolute Gasteiger partial charge is 0.229 e. The molecule has 1 aromatic heterocycles. The highest BCUT2D eigenvalue weighted by molar-refractivity contribution is 6.13. The molecule has 3 nitrogen and oxygen atoms in total. The van der Waals surface area contributed by atoms with Crippen molar-refractivity contribution in [1.29, 1.82) is 0 Å². The van der Waals surface area contributed by atoms with Crippen LogP contribution in [0.5, 0.6) is 0 Å². The summed E-state index contributed by atoms with van der Waals surface area (Å²) in [7, 11) is 0. The molecule has 5 rings (SSSR count).